The van der Waals surface area contributed by atoms with Gasteiger partial charge >= 0.3 is 5.97 Å². The third-order valence-corrected chi connectivity index (χ3v) is 5.78. The summed E-state index contributed by atoms with van der Waals surface area (Å²) in [7, 11) is 0. The zero-order valence-electron chi connectivity index (χ0n) is 18.5. The summed E-state index contributed by atoms with van der Waals surface area (Å²) in [6.45, 7) is 4.44. The zero-order chi connectivity index (χ0) is 24.6. The number of hydrogen-bond donors (Lipinski definition) is 2. The SMILES string of the molecule is CCC(=NC1CC1)C(C(=O)O)=C(O)c1c(F)c(F)c(N2CCN(C(C)=O)C(C)C2)c(F)c1F. The molecule has 7 nitrogen and oxygen atoms in total. The van der Waals surface area contributed by atoms with Crippen LogP contribution in [0.15, 0.2) is 10.6 Å². The van der Waals surface area contributed by atoms with Gasteiger partial charge in [-0.15, -0.1) is 0 Å². The van der Waals surface area contributed by atoms with Gasteiger partial charge in [-0.1, -0.05) is 6.92 Å². The largest absolute Gasteiger partial charge is 0.506 e. The number of benzene rings is 1. The van der Waals surface area contributed by atoms with Crippen LogP contribution in [0.25, 0.3) is 5.76 Å². The van der Waals surface area contributed by atoms with Gasteiger partial charge in [0.15, 0.2) is 23.3 Å². The third kappa shape index (κ3) is 4.67. The maximum atomic E-state index is 15.0. The molecule has 1 saturated heterocycles. The minimum Gasteiger partial charge on any atom is -0.506 e. The van der Waals surface area contributed by atoms with Crippen molar-refractivity contribution in [3.8, 4) is 0 Å². The molecule has 0 radical (unpaired) electrons. The fourth-order valence-corrected chi connectivity index (χ4v) is 3.98. The molecule has 11 heteroatoms. The normalized spacial score (nSPS) is 20.1. The molecular formula is C22H25F4N3O4. The van der Waals surface area contributed by atoms with Crippen LogP contribution in [0.4, 0.5) is 23.2 Å². The molecule has 0 spiro atoms. The highest BCUT2D eigenvalue weighted by Crippen LogP contribution is 2.36. The molecule has 2 fully saturated rings. The van der Waals surface area contributed by atoms with Gasteiger partial charge in [-0.25, -0.2) is 22.4 Å². The van der Waals surface area contributed by atoms with E-state index in [0.717, 1.165) is 4.90 Å². The lowest BCUT2D eigenvalue weighted by Gasteiger charge is -2.40. The zero-order valence-corrected chi connectivity index (χ0v) is 18.5. The summed E-state index contributed by atoms with van der Waals surface area (Å²) in [6, 6.07) is -0.637. The summed E-state index contributed by atoms with van der Waals surface area (Å²) in [5.41, 5.74) is -3.51. The highest BCUT2D eigenvalue weighted by Gasteiger charge is 2.36. The molecule has 1 aliphatic heterocycles. The van der Waals surface area contributed by atoms with Crippen molar-refractivity contribution in [1.82, 2.24) is 4.90 Å². The molecule has 1 saturated carbocycles. The Morgan fingerprint density at radius 1 is 1.03 bits per heavy atom. The molecule has 1 atom stereocenters. The molecule has 1 aromatic rings. The average Bonchev–Trinajstić information content (AvgIpc) is 3.55. The average molecular weight is 471 g/mol. The van der Waals surface area contributed by atoms with E-state index in [1.165, 1.54) is 18.7 Å². The second kappa shape index (κ2) is 9.40. The predicted octanol–water partition coefficient (Wildman–Crippen LogP) is 3.67. The second-order valence-corrected chi connectivity index (χ2v) is 8.18. The summed E-state index contributed by atoms with van der Waals surface area (Å²) >= 11 is 0. The van der Waals surface area contributed by atoms with Crippen LogP contribution in [-0.2, 0) is 9.59 Å². The van der Waals surface area contributed by atoms with Crippen molar-refractivity contribution in [3.63, 3.8) is 0 Å². The number of aliphatic hydroxyl groups excluding tert-OH is 1. The number of carboxylic acid groups (broad SMARTS) is 1. The summed E-state index contributed by atoms with van der Waals surface area (Å²) in [5, 5.41) is 20.0. The van der Waals surface area contributed by atoms with Crippen LogP contribution >= 0.6 is 0 Å². The molecular weight excluding hydrogens is 446 g/mol. The van der Waals surface area contributed by atoms with E-state index in [4.69, 9.17) is 0 Å². The van der Waals surface area contributed by atoms with Crippen LogP contribution in [-0.4, -0.2) is 64.4 Å². The number of amides is 1. The van der Waals surface area contributed by atoms with E-state index in [-0.39, 0.29) is 43.7 Å². The van der Waals surface area contributed by atoms with Gasteiger partial charge in [0.25, 0.3) is 0 Å². The van der Waals surface area contributed by atoms with Crippen LogP contribution in [0, 0.1) is 23.3 Å². The number of aliphatic carboxylic acids is 1. The molecule has 180 valence electrons. The lowest BCUT2D eigenvalue weighted by atomic mass is 10.00. The van der Waals surface area contributed by atoms with Crippen molar-refractivity contribution in [2.24, 2.45) is 4.99 Å². The summed E-state index contributed by atoms with van der Waals surface area (Å²) in [6.07, 6.45) is 1.42. The van der Waals surface area contributed by atoms with E-state index in [1.54, 1.807) is 6.92 Å². The molecule has 3 rings (SSSR count). The van der Waals surface area contributed by atoms with Crippen LogP contribution in [0.2, 0.25) is 0 Å². The Hall–Kier alpha value is -3.11. The molecule has 1 amide bonds. The number of anilines is 1. The van der Waals surface area contributed by atoms with Gasteiger partial charge in [-0.3, -0.25) is 9.79 Å². The quantitative estimate of drug-likeness (QED) is 0.217. The Morgan fingerprint density at radius 3 is 2.03 bits per heavy atom. The van der Waals surface area contributed by atoms with Crippen molar-refractivity contribution in [1.29, 1.82) is 0 Å². The van der Waals surface area contributed by atoms with E-state index < -0.39 is 57.9 Å². The molecule has 0 aromatic heterocycles. The maximum absolute atomic E-state index is 15.0. The fraction of sp³-hybridized carbons (Fsp3) is 0.500. The van der Waals surface area contributed by atoms with Gasteiger partial charge in [-0.05, 0) is 26.2 Å². The number of carboxylic acids is 1. The number of nitrogens with zero attached hydrogens (tertiary/aromatic N) is 3. The molecule has 1 heterocycles. The third-order valence-electron chi connectivity index (χ3n) is 5.78. The minimum atomic E-state index is -1.91. The number of aliphatic imine (C=N–C) groups is 1. The smallest absolute Gasteiger partial charge is 0.341 e. The first-order chi connectivity index (χ1) is 15.5. The van der Waals surface area contributed by atoms with Gasteiger partial charge in [0.1, 0.15) is 17.0 Å². The van der Waals surface area contributed by atoms with Crippen LogP contribution in [0.1, 0.15) is 45.6 Å². The Labute approximate surface area is 188 Å². The van der Waals surface area contributed by atoms with Gasteiger partial charge in [0.2, 0.25) is 5.91 Å². The van der Waals surface area contributed by atoms with Gasteiger partial charge in [0.05, 0.1) is 17.3 Å². The number of rotatable bonds is 6. The molecule has 2 aliphatic rings. The molecule has 1 aliphatic carbocycles. The lowest BCUT2D eigenvalue weighted by molar-refractivity contribution is -0.132. The maximum Gasteiger partial charge on any atom is 0.341 e. The second-order valence-electron chi connectivity index (χ2n) is 8.18. The number of halogens is 4. The van der Waals surface area contributed by atoms with Crippen LogP contribution in [0.5, 0.6) is 0 Å². The lowest BCUT2D eigenvalue weighted by Crippen LogP contribution is -2.54. The summed E-state index contributed by atoms with van der Waals surface area (Å²) in [5.74, 6) is -10.8. The first-order valence-electron chi connectivity index (χ1n) is 10.6. The van der Waals surface area contributed by atoms with Crippen molar-refractivity contribution in [2.75, 3.05) is 24.5 Å². The van der Waals surface area contributed by atoms with Crippen molar-refractivity contribution in [2.45, 2.75) is 52.1 Å². The van der Waals surface area contributed by atoms with E-state index in [0.29, 0.717) is 12.8 Å². The van der Waals surface area contributed by atoms with Gasteiger partial charge in [-0.2, -0.15) is 0 Å². The minimum absolute atomic E-state index is 0.0206. The molecule has 2 N–H and O–H groups in total. The Kier molecular flexibility index (Phi) is 6.99. The van der Waals surface area contributed by atoms with E-state index in [9.17, 15) is 37.4 Å². The Bertz CT molecular complexity index is 1020. The number of carbonyl (C=O) groups excluding carboxylic acids is 1. The number of aliphatic hydroxyl groups is 1. The van der Waals surface area contributed by atoms with E-state index >= 15 is 0 Å². The summed E-state index contributed by atoms with van der Waals surface area (Å²) in [4.78, 5) is 30.1. The molecule has 33 heavy (non-hydrogen) atoms. The van der Waals surface area contributed by atoms with Crippen molar-refractivity contribution in [3.05, 3.63) is 34.4 Å². The van der Waals surface area contributed by atoms with Gasteiger partial charge in [0, 0.05) is 32.6 Å². The van der Waals surface area contributed by atoms with Crippen LogP contribution in [0.3, 0.4) is 0 Å². The predicted molar refractivity (Wildman–Crippen MR) is 113 cm³/mol. The summed E-state index contributed by atoms with van der Waals surface area (Å²) < 4.78 is 59.9. The standard InChI is InChI=1S/C22H25F4N3O4/c1-4-13(27-12-5-6-12)14(22(32)33)21(31)15-16(23)18(25)20(19(26)17(15)24)28-7-8-29(11(3)30)10(2)9-28/h10,12,31H,4-9H2,1-3H3,(H,32,33). The molecule has 0 bridgehead atoms. The van der Waals surface area contributed by atoms with Crippen LogP contribution < -0.4 is 4.90 Å². The molecule has 1 aromatic carbocycles. The van der Waals surface area contributed by atoms with E-state index in [2.05, 4.69) is 4.99 Å². The Morgan fingerprint density at radius 2 is 1.61 bits per heavy atom. The Balaban J connectivity index is 2.11. The monoisotopic (exact) mass is 471 g/mol. The number of piperazine rings is 1. The van der Waals surface area contributed by atoms with Crippen molar-refractivity contribution < 1.29 is 37.4 Å². The number of carbonyl (C=O) groups is 2. The number of hydrogen-bond acceptors (Lipinski definition) is 5. The first kappa shape index (κ1) is 24.5. The highest BCUT2D eigenvalue weighted by molar-refractivity contribution is 6.23. The van der Waals surface area contributed by atoms with Crippen molar-refractivity contribution >= 4 is 29.0 Å². The molecule has 1 unspecified atom stereocenters. The highest BCUT2D eigenvalue weighted by atomic mass is 19.2. The van der Waals surface area contributed by atoms with Gasteiger partial charge < -0.3 is 20.0 Å². The van der Waals surface area contributed by atoms with E-state index in [1.807, 2.05) is 0 Å². The topological polar surface area (TPSA) is 93.4 Å². The first-order valence-corrected chi connectivity index (χ1v) is 10.6. The fourth-order valence-electron chi connectivity index (χ4n) is 3.98.